The van der Waals surface area contributed by atoms with Gasteiger partial charge in [0.15, 0.2) is 0 Å². The molecule has 3 atom stereocenters. The van der Waals surface area contributed by atoms with Crippen molar-refractivity contribution in [3.8, 4) is 0 Å². The van der Waals surface area contributed by atoms with Gasteiger partial charge < -0.3 is 10.1 Å². The maximum Gasteiger partial charge on any atom is 0.0588 e. The van der Waals surface area contributed by atoms with Crippen LogP contribution in [0.15, 0.2) is 0 Å². The summed E-state index contributed by atoms with van der Waals surface area (Å²) in [7, 11) is 0. The quantitative estimate of drug-likeness (QED) is 0.836. The van der Waals surface area contributed by atoms with Crippen LogP contribution in [-0.2, 0) is 4.74 Å². The SMILES string of the molecule is CC1CNC(C(C)(C)C)CN1CCC1CCCO1. The molecule has 3 heteroatoms. The standard InChI is InChI=1S/C15H30N2O/c1-12-10-16-14(15(2,3)4)11-17(12)8-7-13-6-5-9-18-13/h12-14,16H,5-11H2,1-4H3. The summed E-state index contributed by atoms with van der Waals surface area (Å²) in [5.74, 6) is 0. The minimum atomic E-state index is 0.349. The van der Waals surface area contributed by atoms with Gasteiger partial charge in [-0.15, -0.1) is 0 Å². The summed E-state index contributed by atoms with van der Waals surface area (Å²) in [6.45, 7) is 13.8. The third-order valence-electron chi connectivity index (χ3n) is 4.51. The van der Waals surface area contributed by atoms with Gasteiger partial charge in [0, 0.05) is 38.3 Å². The van der Waals surface area contributed by atoms with Gasteiger partial charge in [-0.1, -0.05) is 20.8 Å². The lowest BCUT2D eigenvalue weighted by Gasteiger charge is -2.44. The Morgan fingerprint density at radius 1 is 1.33 bits per heavy atom. The van der Waals surface area contributed by atoms with Gasteiger partial charge in [0.2, 0.25) is 0 Å². The first-order valence-electron chi connectivity index (χ1n) is 7.56. The second kappa shape index (κ2) is 5.89. The van der Waals surface area contributed by atoms with Crippen molar-refractivity contribution in [1.29, 1.82) is 0 Å². The van der Waals surface area contributed by atoms with Gasteiger partial charge in [0.05, 0.1) is 6.10 Å². The molecule has 0 aliphatic carbocycles. The van der Waals surface area contributed by atoms with Crippen molar-refractivity contribution >= 4 is 0 Å². The molecule has 2 heterocycles. The highest BCUT2D eigenvalue weighted by atomic mass is 16.5. The number of hydrogen-bond donors (Lipinski definition) is 1. The van der Waals surface area contributed by atoms with Crippen molar-refractivity contribution in [3.63, 3.8) is 0 Å². The zero-order chi connectivity index (χ0) is 13.2. The normalized spacial score (nSPS) is 35.0. The van der Waals surface area contributed by atoms with Gasteiger partial charge in [-0.3, -0.25) is 4.90 Å². The molecule has 0 aromatic heterocycles. The Balaban J connectivity index is 1.81. The average Bonchev–Trinajstić information content (AvgIpc) is 2.79. The summed E-state index contributed by atoms with van der Waals surface area (Å²) < 4.78 is 5.73. The zero-order valence-corrected chi connectivity index (χ0v) is 12.5. The van der Waals surface area contributed by atoms with E-state index >= 15 is 0 Å². The van der Waals surface area contributed by atoms with Crippen LogP contribution in [-0.4, -0.2) is 49.3 Å². The van der Waals surface area contributed by atoms with Crippen LogP contribution in [0.2, 0.25) is 0 Å². The van der Waals surface area contributed by atoms with E-state index in [2.05, 4.69) is 37.9 Å². The third kappa shape index (κ3) is 3.69. The van der Waals surface area contributed by atoms with Crippen molar-refractivity contribution in [2.24, 2.45) is 5.41 Å². The van der Waals surface area contributed by atoms with E-state index in [1.54, 1.807) is 0 Å². The van der Waals surface area contributed by atoms with Crippen LogP contribution in [0.3, 0.4) is 0 Å². The number of rotatable bonds is 3. The number of ether oxygens (including phenoxy) is 1. The number of nitrogens with one attached hydrogen (secondary N) is 1. The van der Waals surface area contributed by atoms with Gasteiger partial charge in [0.25, 0.3) is 0 Å². The fourth-order valence-electron chi connectivity index (χ4n) is 2.99. The number of hydrogen-bond acceptors (Lipinski definition) is 3. The molecule has 0 saturated carbocycles. The zero-order valence-electron chi connectivity index (χ0n) is 12.5. The molecule has 2 aliphatic heterocycles. The van der Waals surface area contributed by atoms with E-state index in [0.29, 0.717) is 23.6 Å². The number of piperazine rings is 1. The van der Waals surface area contributed by atoms with Crippen molar-refractivity contribution < 1.29 is 4.74 Å². The Kier molecular flexibility index (Phi) is 4.68. The fraction of sp³-hybridized carbons (Fsp3) is 1.00. The molecular formula is C15H30N2O. The van der Waals surface area contributed by atoms with E-state index < -0.39 is 0 Å². The van der Waals surface area contributed by atoms with E-state index in [-0.39, 0.29) is 0 Å². The monoisotopic (exact) mass is 254 g/mol. The molecule has 18 heavy (non-hydrogen) atoms. The molecule has 3 nitrogen and oxygen atoms in total. The first kappa shape index (κ1) is 14.3. The maximum atomic E-state index is 5.73. The van der Waals surface area contributed by atoms with Crippen molar-refractivity contribution in [1.82, 2.24) is 10.2 Å². The van der Waals surface area contributed by atoms with Gasteiger partial charge in [0.1, 0.15) is 0 Å². The van der Waals surface area contributed by atoms with E-state index in [0.717, 1.165) is 13.2 Å². The van der Waals surface area contributed by atoms with Gasteiger partial charge in [-0.2, -0.15) is 0 Å². The topological polar surface area (TPSA) is 24.5 Å². The molecule has 0 spiro atoms. The summed E-state index contributed by atoms with van der Waals surface area (Å²) in [6, 6.07) is 1.27. The predicted molar refractivity (Wildman–Crippen MR) is 75.9 cm³/mol. The Hall–Kier alpha value is -0.120. The minimum absolute atomic E-state index is 0.349. The van der Waals surface area contributed by atoms with E-state index in [9.17, 15) is 0 Å². The van der Waals surface area contributed by atoms with Crippen LogP contribution in [0.25, 0.3) is 0 Å². The molecule has 0 amide bonds. The smallest absolute Gasteiger partial charge is 0.0588 e. The summed E-state index contributed by atoms with van der Waals surface area (Å²) in [5.41, 5.74) is 0.349. The third-order valence-corrected chi connectivity index (χ3v) is 4.51. The van der Waals surface area contributed by atoms with Gasteiger partial charge in [-0.05, 0) is 31.6 Å². The van der Waals surface area contributed by atoms with Crippen LogP contribution >= 0.6 is 0 Å². The predicted octanol–water partition coefficient (Wildman–Crippen LogP) is 2.26. The Labute approximate surface area is 112 Å². The van der Waals surface area contributed by atoms with Gasteiger partial charge >= 0.3 is 0 Å². The van der Waals surface area contributed by atoms with E-state index in [1.165, 1.54) is 32.4 Å². The molecule has 0 radical (unpaired) electrons. The first-order chi connectivity index (χ1) is 8.47. The lowest BCUT2D eigenvalue weighted by molar-refractivity contribution is 0.0595. The summed E-state index contributed by atoms with van der Waals surface area (Å²) in [4.78, 5) is 2.65. The maximum absolute atomic E-state index is 5.73. The first-order valence-corrected chi connectivity index (χ1v) is 7.56. The molecule has 2 fully saturated rings. The summed E-state index contributed by atoms with van der Waals surface area (Å²) in [6.07, 6.45) is 4.26. The van der Waals surface area contributed by atoms with Crippen molar-refractivity contribution in [2.75, 3.05) is 26.2 Å². The highest BCUT2D eigenvalue weighted by molar-refractivity contribution is 4.90. The van der Waals surface area contributed by atoms with Crippen LogP contribution < -0.4 is 5.32 Å². The average molecular weight is 254 g/mol. The fourth-order valence-corrected chi connectivity index (χ4v) is 2.99. The van der Waals surface area contributed by atoms with E-state index in [1.807, 2.05) is 0 Å². The summed E-state index contributed by atoms with van der Waals surface area (Å²) >= 11 is 0. The molecule has 2 rings (SSSR count). The van der Waals surface area contributed by atoms with Crippen LogP contribution in [0.1, 0.15) is 47.0 Å². The van der Waals surface area contributed by atoms with Gasteiger partial charge in [-0.25, -0.2) is 0 Å². The highest BCUT2D eigenvalue weighted by Gasteiger charge is 2.32. The lowest BCUT2D eigenvalue weighted by Crippen LogP contribution is -2.59. The lowest BCUT2D eigenvalue weighted by atomic mass is 9.84. The Morgan fingerprint density at radius 2 is 2.11 bits per heavy atom. The second-order valence-corrected chi connectivity index (χ2v) is 7.09. The summed E-state index contributed by atoms with van der Waals surface area (Å²) in [5, 5.41) is 3.69. The molecular weight excluding hydrogens is 224 g/mol. The van der Waals surface area contributed by atoms with Crippen LogP contribution in [0.4, 0.5) is 0 Å². The van der Waals surface area contributed by atoms with Crippen molar-refractivity contribution in [3.05, 3.63) is 0 Å². The molecule has 3 unspecified atom stereocenters. The molecule has 1 N–H and O–H groups in total. The molecule has 0 aromatic rings. The molecule has 0 aromatic carbocycles. The largest absolute Gasteiger partial charge is 0.378 e. The minimum Gasteiger partial charge on any atom is -0.378 e. The molecule has 2 saturated heterocycles. The molecule has 2 aliphatic rings. The number of nitrogens with zero attached hydrogens (tertiary/aromatic N) is 1. The van der Waals surface area contributed by atoms with Crippen LogP contribution in [0, 0.1) is 5.41 Å². The molecule has 0 bridgehead atoms. The Bertz CT molecular complexity index is 256. The molecule has 106 valence electrons. The Morgan fingerprint density at radius 3 is 2.72 bits per heavy atom. The van der Waals surface area contributed by atoms with E-state index in [4.69, 9.17) is 4.74 Å². The van der Waals surface area contributed by atoms with Crippen LogP contribution in [0.5, 0.6) is 0 Å². The van der Waals surface area contributed by atoms with Crippen molar-refractivity contribution in [2.45, 2.75) is 65.1 Å². The highest BCUT2D eigenvalue weighted by Crippen LogP contribution is 2.24. The second-order valence-electron chi connectivity index (χ2n) is 7.09.